The van der Waals surface area contributed by atoms with E-state index in [1.165, 1.54) is 16.9 Å². The number of aryl methyl sites for hydroxylation is 1. The summed E-state index contributed by atoms with van der Waals surface area (Å²) in [6, 6.07) is 19.8. The number of phenolic OH excluding ortho intramolecular Hbond substituents is 1. The molecule has 2 aliphatic rings. The number of allylic oxidation sites excluding steroid dienone is 1. The number of aromatic nitrogens is 1. The predicted octanol–water partition coefficient (Wildman–Crippen LogP) is 5.24. The summed E-state index contributed by atoms with van der Waals surface area (Å²) in [6.07, 6.45) is 3.52. The quantitative estimate of drug-likeness (QED) is 0.295. The highest BCUT2D eigenvalue weighted by Crippen LogP contribution is 2.41. The second-order valence-corrected chi connectivity index (χ2v) is 12.1. The van der Waals surface area contributed by atoms with Crippen molar-refractivity contribution in [2.45, 2.75) is 18.9 Å². The Morgan fingerprint density at radius 1 is 1.11 bits per heavy atom. The number of ether oxygens (including phenoxy) is 1. The molecule has 0 saturated carbocycles. The fraction of sp³-hybridized carbons (Fsp3) is 0.143. The highest BCUT2D eigenvalue weighted by Gasteiger charge is 2.32. The SMILES string of the molecule is COc1cccc([C@@H]2C3=C(N=c4s/c(=C\c5cc(I)cc(I)c5O)c(=O)n42)c2ccccc2CC3)c1. The van der Waals surface area contributed by atoms with Crippen LogP contribution in [0.25, 0.3) is 11.8 Å². The Hall–Kier alpha value is -2.44. The van der Waals surface area contributed by atoms with Crippen LogP contribution in [0, 0.1) is 7.14 Å². The molecule has 36 heavy (non-hydrogen) atoms. The normalized spacial score (nSPS) is 16.8. The van der Waals surface area contributed by atoms with Crippen LogP contribution >= 0.6 is 56.5 Å². The van der Waals surface area contributed by atoms with Crippen molar-refractivity contribution in [3.8, 4) is 11.5 Å². The van der Waals surface area contributed by atoms with Gasteiger partial charge in [-0.05, 0) is 105 Å². The van der Waals surface area contributed by atoms with E-state index in [1.807, 2.05) is 41.0 Å². The number of nitrogens with zero attached hydrogens (tertiary/aromatic N) is 2. The smallest absolute Gasteiger partial charge is 0.271 e. The zero-order valence-corrected chi connectivity index (χ0v) is 24.3. The number of hydrogen-bond donors (Lipinski definition) is 1. The van der Waals surface area contributed by atoms with E-state index in [1.54, 1.807) is 13.2 Å². The summed E-state index contributed by atoms with van der Waals surface area (Å²) in [7, 11) is 1.65. The molecule has 1 aromatic heterocycles. The van der Waals surface area contributed by atoms with Crippen LogP contribution in [0.4, 0.5) is 0 Å². The molecule has 180 valence electrons. The fourth-order valence-corrected chi connectivity index (χ4v) is 7.85. The number of fused-ring (bicyclic) bond motifs is 3. The van der Waals surface area contributed by atoms with Crippen molar-refractivity contribution in [3.05, 3.63) is 115 Å². The van der Waals surface area contributed by atoms with E-state index in [-0.39, 0.29) is 17.4 Å². The molecule has 8 heteroatoms. The van der Waals surface area contributed by atoms with Crippen molar-refractivity contribution in [1.82, 2.24) is 4.57 Å². The van der Waals surface area contributed by atoms with E-state index < -0.39 is 0 Å². The van der Waals surface area contributed by atoms with Crippen LogP contribution in [0.15, 0.2) is 76.0 Å². The molecule has 0 radical (unpaired) electrons. The summed E-state index contributed by atoms with van der Waals surface area (Å²) in [5, 5.41) is 10.7. The molecule has 0 amide bonds. The molecule has 1 aliphatic heterocycles. The monoisotopic (exact) mass is 718 g/mol. The van der Waals surface area contributed by atoms with Crippen molar-refractivity contribution in [2.24, 2.45) is 4.99 Å². The second-order valence-electron chi connectivity index (χ2n) is 8.72. The number of hydrogen-bond acceptors (Lipinski definition) is 5. The number of phenols is 1. The molecule has 1 N–H and O–H groups in total. The Balaban J connectivity index is 1.64. The lowest BCUT2D eigenvalue weighted by Gasteiger charge is -2.31. The van der Waals surface area contributed by atoms with Gasteiger partial charge in [-0.1, -0.05) is 47.7 Å². The zero-order chi connectivity index (χ0) is 25.0. The van der Waals surface area contributed by atoms with E-state index in [4.69, 9.17) is 9.73 Å². The van der Waals surface area contributed by atoms with Gasteiger partial charge in [0.1, 0.15) is 11.5 Å². The number of halogens is 2. The van der Waals surface area contributed by atoms with Gasteiger partial charge in [-0.2, -0.15) is 0 Å². The van der Waals surface area contributed by atoms with Crippen molar-refractivity contribution >= 4 is 68.3 Å². The van der Waals surface area contributed by atoms with E-state index in [2.05, 4.69) is 69.4 Å². The third kappa shape index (κ3) is 4.03. The largest absolute Gasteiger partial charge is 0.506 e. The summed E-state index contributed by atoms with van der Waals surface area (Å²) in [5.74, 6) is 0.933. The standard InChI is InChI=1S/C28H20I2N2O3S/c1-35-19-7-4-6-16(12-19)25-21-10-9-15-5-2-3-8-20(15)24(21)31-28-32(25)27(34)23(36-28)13-17-11-18(29)14-22(30)26(17)33/h2-8,11-14,25,33H,9-10H2,1H3/b23-13-/t25-/m1/s1. The first-order valence-electron chi connectivity index (χ1n) is 11.4. The van der Waals surface area contributed by atoms with Gasteiger partial charge in [-0.3, -0.25) is 9.36 Å². The molecule has 4 aromatic rings. The summed E-state index contributed by atoms with van der Waals surface area (Å²) < 4.78 is 9.62. The molecule has 0 saturated heterocycles. The van der Waals surface area contributed by atoms with E-state index in [9.17, 15) is 9.90 Å². The maximum Gasteiger partial charge on any atom is 0.271 e. The fourth-order valence-electron chi connectivity index (χ4n) is 4.97. The van der Waals surface area contributed by atoms with Crippen LogP contribution in [0.2, 0.25) is 0 Å². The summed E-state index contributed by atoms with van der Waals surface area (Å²) >= 11 is 5.70. The van der Waals surface area contributed by atoms with Gasteiger partial charge in [-0.25, -0.2) is 4.99 Å². The summed E-state index contributed by atoms with van der Waals surface area (Å²) in [6.45, 7) is 0. The van der Waals surface area contributed by atoms with Gasteiger partial charge in [0.15, 0.2) is 4.80 Å². The summed E-state index contributed by atoms with van der Waals surface area (Å²) in [4.78, 5) is 19.6. The van der Waals surface area contributed by atoms with Gasteiger partial charge >= 0.3 is 0 Å². The van der Waals surface area contributed by atoms with Crippen LogP contribution in [0.3, 0.4) is 0 Å². The molecule has 1 aliphatic carbocycles. The van der Waals surface area contributed by atoms with Crippen molar-refractivity contribution in [3.63, 3.8) is 0 Å². The lowest BCUT2D eigenvalue weighted by atomic mass is 9.83. The lowest BCUT2D eigenvalue weighted by Crippen LogP contribution is -2.38. The molecule has 1 atom stereocenters. The Morgan fingerprint density at radius 3 is 2.78 bits per heavy atom. The summed E-state index contributed by atoms with van der Waals surface area (Å²) in [5.41, 5.74) is 6.04. The molecule has 0 fully saturated rings. The number of methoxy groups -OCH3 is 1. The lowest BCUT2D eigenvalue weighted by molar-refractivity contribution is 0.413. The molecule has 3 aromatic carbocycles. The van der Waals surface area contributed by atoms with Crippen molar-refractivity contribution in [1.29, 1.82) is 0 Å². The van der Waals surface area contributed by atoms with Crippen LogP contribution in [0.5, 0.6) is 11.5 Å². The topological polar surface area (TPSA) is 63.8 Å². The molecule has 0 spiro atoms. The maximum atomic E-state index is 13.9. The molecule has 5 nitrogen and oxygen atoms in total. The minimum Gasteiger partial charge on any atom is -0.506 e. The number of rotatable bonds is 3. The first-order valence-corrected chi connectivity index (χ1v) is 14.4. The number of thiazole rings is 1. The molecular formula is C28H20I2N2O3S. The van der Waals surface area contributed by atoms with Gasteiger partial charge < -0.3 is 9.84 Å². The Bertz CT molecular complexity index is 1750. The third-order valence-electron chi connectivity index (χ3n) is 6.63. The molecule has 0 bridgehead atoms. The molecule has 2 heterocycles. The van der Waals surface area contributed by atoms with Crippen molar-refractivity contribution < 1.29 is 9.84 Å². The average Bonchev–Trinajstić information content (AvgIpc) is 3.20. The van der Waals surface area contributed by atoms with Gasteiger partial charge in [0.2, 0.25) is 0 Å². The Kier molecular flexibility index (Phi) is 6.29. The van der Waals surface area contributed by atoms with Gasteiger partial charge in [-0.15, -0.1) is 0 Å². The van der Waals surface area contributed by atoms with Crippen LogP contribution in [-0.2, 0) is 6.42 Å². The third-order valence-corrected chi connectivity index (χ3v) is 9.05. The number of aromatic hydroxyl groups is 1. The van der Waals surface area contributed by atoms with Gasteiger partial charge in [0.25, 0.3) is 5.56 Å². The maximum absolute atomic E-state index is 13.9. The van der Waals surface area contributed by atoms with Gasteiger partial charge in [0.05, 0.1) is 27.0 Å². The first-order chi connectivity index (χ1) is 17.4. The second kappa shape index (κ2) is 9.46. The van der Waals surface area contributed by atoms with Crippen LogP contribution in [-0.4, -0.2) is 16.8 Å². The molecule has 0 unspecified atom stereocenters. The zero-order valence-electron chi connectivity index (χ0n) is 19.2. The van der Waals surface area contributed by atoms with Gasteiger partial charge in [0, 0.05) is 14.7 Å². The first kappa shape index (κ1) is 23.9. The van der Waals surface area contributed by atoms with Crippen LogP contribution < -0.4 is 19.6 Å². The molecular weight excluding hydrogens is 698 g/mol. The average molecular weight is 718 g/mol. The van der Waals surface area contributed by atoms with E-state index in [0.717, 1.165) is 48.1 Å². The number of benzene rings is 3. The Morgan fingerprint density at radius 2 is 1.94 bits per heavy atom. The molecule has 6 rings (SSSR count). The minimum absolute atomic E-state index is 0.106. The van der Waals surface area contributed by atoms with E-state index in [0.29, 0.717) is 14.9 Å². The van der Waals surface area contributed by atoms with Crippen molar-refractivity contribution in [2.75, 3.05) is 7.11 Å². The van der Waals surface area contributed by atoms with Crippen LogP contribution in [0.1, 0.15) is 34.7 Å². The Labute approximate surface area is 238 Å². The van der Waals surface area contributed by atoms with E-state index >= 15 is 0 Å². The predicted molar refractivity (Wildman–Crippen MR) is 159 cm³/mol. The minimum atomic E-state index is -0.272. The highest BCUT2D eigenvalue weighted by atomic mass is 127. The highest BCUT2D eigenvalue weighted by molar-refractivity contribution is 14.1.